The fourth-order valence-corrected chi connectivity index (χ4v) is 1.79. The molecule has 0 radical (unpaired) electrons. The Labute approximate surface area is 82.8 Å². The maximum atomic E-state index is 8.68. The zero-order valence-corrected chi connectivity index (χ0v) is 8.32. The van der Waals surface area contributed by atoms with Gasteiger partial charge in [-0.25, -0.2) is 0 Å². The third kappa shape index (κ3) is 1.70. The molecule has 68 valence electrons. The maximum absolute atomic E-state index is 8.68. The average molecular weight is 194 g/mol. The number of rotatable bonds is 2. The van der Waals surface area contributed by atoms with E-state index in [1.165, 1.54) is 19.3 Å². The highest BCUT2D eigenvalue weighted by Gasteiger charge is 2.19. The van der Waals surface area contributed by atoms with E-state index in [9.17, 15) is 0 Å². The zero-order valence-electron chi connectivity index (χ0n) is 7.32. The molecule has 0 amide bonds. The van der Waals surface area contributed by atoms with Crippen LogP contribution in [0.1, 0.15) is 25.0 Å². The van der Waals surface area contributed by atoms with Gasteiger partial charge in [-0.2, -0.15) is 10.4 Å². The van der Waals surface area contributed by atoms with Gasteiger partial charge in [0.25, 0.3) is 0 Å². The number of hydrogen-bond acceptors (Lipinski definition) is 2. The summed E-state index contributed by atoms with van der Waals surface area (Å²) in [6.45, 7) is 0.958. The Kier molecular flexibility index (Phi) is 2.28. The maximum Gasteiger partial charge on any atom is 0.216 e. The molecule has 0 N–H and O–H groups in total. The summed E-state index contributed by atoms with van der Waals surface area (Å²) in [6, 6.07) is 2.04. The average Bonchev–Trinajstić information content (AvgIpc) is 2.39. The van der Waals surface area contributed by atoms with Gasteiger partial charge in [-0.15, -0.1) is 0 Å². The predicted octanol–water partition coefficient (Wildman–Crippen LogP) is 0.925. The molecular weight excluding hydrogens is 182 g/mol. The van der Waals surface area contributed by atoms with E-state index >= 15 is 0 Å². The molecule has 1 heterocycles. The summed E-state index contributed by atoms with van der Waals surface area (Å²) >= 11 is 3.35. The highest BCUT2D eigenvalue weighted by molar-refractivity contribution is 7.58. The molecule has 1 aliphatic rings. The van der Waals surface area contributed by atoms with Crippen LogP contribution in [0.4, 0.5) is 0 Å². The summed E-state index contributed by atoms with van der Waals surface area (Å²) in [6.07, 6.45) is 5.84. The lowest BCUT2D eigenvalue weighted by Crippen LogP contribution is -2.18. The summed E-state index contributed by atoms with van der Waals surface area (Å²) < 4.78 is 1.87. The van der Waals surface area contributed by atoms with Crippen molar-refractivity contribution in [3.63, 3.8) is 0 Å². The molecule has 3 nitrogen and oxygen atoms in total. The Morgan fingerprint density at radius 3 is 2.92 bits per heavy atom. The molecule has 0 aliphatic heterocycles. The summed E-state index contributed by atoms with van der Waals surface area (Å²) in [5.74, 6) is 0.775. The Hall–Kier alpha value is -0.950. The number of nitriles is 1. The highest BCUT2D eigenvalue weighted by Crippen LogP contribution is 2.27. The lowest BCUT2D eigenvalue weighted by molar-refractivity contribution is 0.266. The molecule has 2 rings (SSSR count). The molecule has 1 aromatic rings. The predicted molar refractivity (Wildman–Crippen MR) is 52.7 cm³/mol. The normalized spacial score (nSPS) is 16.6. The molecule has 1 aliphatic carbocycles. The van der Waals surface area contributed by atoms with Crippen LogP contribution < -0.4 is 0 Å². The molecule has 0 aromatic carbocycles. The first-order valence-corrected chi connectivity index (χ1v) is 4.99. The van der Waals surface area contributed by atoms with Crippen LogP contribution in [0.2, 0.25) is 0 Å². The minimum absolute atomic E-state index is 0.482. The third-order valence-corrected chi connectivity index (χ3v) is 2.90. The van der Waals surface area contributed by atoms with Crippen molar-refractivity contribution >= 4 is 12.6 Å². The molecule has 0 saturated heterocycles. The van der Waals surface area contributed by atoms with E-state index < -0.39 is 0 Å². The van der Waals surface area contributed by atoms with Gasteiger partial charge in [-0.3, -0.25) is 4.68 Å². The van der Waals surface area contributed by atoms with Crippen LogP contribution in [0, 0.1) is 17.2 Å². The minimum Gasteiger partial charge on any atom is -0.266 e. The van der Waals surface area contributed by atoms with Gasteiger partial charge < -0.3 is 0 Å². The molecular formula is C9H12N3S+. The van der Waals surface area contributed by atoms with Gasteiger partial charge in [0.1, 0.15) is 6.07 Å². The van der Waals surface area contributed by atoms with Crippen molar-refractivity contribution in [2.24, 2.45) is 5.92 Å². The summed E-state index contributed by atoms with van der Waals surface area (Å²) in [7, 11) is 0. The molecule has 1 aromatic heterocycles. The van der Waals surface area contributed by atoms with Gasteiger partial charge in [0.15, 0.2) is 0 Å². The highest BCUT2D eigenvalue weighted by atomic mass is 32.1. The lowest BCUT2D eigenvalue weighted by atomic mass is 9.85. The fraction of sp³-hybridized carbons (Fsp3) is 0.556. The first-order chi connectivity index (χ1) is 6.29. The number of nitrogens with zero attached hydrogens (tertiary/aromatic N) is 3. The third-order valence-electron chi connectivity index (χ3n) is 2.54. The number of hydrogen-bond donors (Lipinski definition) is 0. The molecule has 0 bridgehead atoms. The van der Waals surface area contributed by atoms with E-state index in [4.69, 9.17) is 5.26 Å². The number of aromatic nitrogens is 2. The lowest BCUT2D eigenvalue weighted by Gasteiger charge is -2.24. The van der Waals surface area contributed by atoms with E-state index in [0.717, 1.165) is 17.4 Å². The minimum atomic E-state index is 0.482. The quantitative estimate of drug-likeness (QED) is 0.657. The van der Waals surface area contributed by atoms with Crippen molar-refractivity contribution in [1.29, 1.82) is 5.26 Å². The van der Waals surface area contributed by atoms with Crippen LogP contribution in [0.3, 0.4) is 0 Å². The Bertz CT molecular complexity index is 346. The molecule has 13 heavy (non-hydrogen) atoms. The van der Waals surface area contributed by atoms with Crippen LogP contribution in [0.25, 0.3) is 0 Å². The van der Waals surface area contributed by atoms with E-state index in [-0.39, 0.29) is 0 Å². The van der Waals surface area contributed by atoms with Crippen molar-refractivity contribution in [1.82, 2.24) is 9.78 Å². The largest absolute Gasteiger partial charge is 0.266 e. The Balaban J connectivity index is 2.08. The topological polar surface area (TPSA) is 41.6 Å². The summed E-state index contributed by atoms with van der Waals surface area (Å²) in [5.41, 5.74) is 0.482. The molecule has 1 fully saturated rings. The summed E-state index contributed by atoms with van der Waals surface area (Å²) in [4.78, 5) is 0.793. The molecule has 0 atom stereocenters. The molecule has 0 spiro atoms. The monoisotopic (exact) mass is 194 g/mol. The Morgan fingerprint density at radius 1 is 1.69 bits per heavy atom. The van der Waals surface area contributed by atoms with Gasteiger partial charge >= 0.3 is 0 Å². The van der Waals surface area contributed by atoms with Crippen LogP contribution in [-0.4, -0.2) is 9.78 Å². The van der Waals surface area contributed by atoms with Crippen LogP contribution in [-0.2, 0) is 19.2 Å². The SMILES string of the molecule is N#Cc1nn(CC2CCC2)cc1[SH2+]. The van der Waals surface area contributed by atoms with Crippen molar-refractivity contribution in [2.75, 3.05) is 0 Å². The van der Waals surface area contributed by atoms with Crippen molar-refractivity contribution in [3.8, 4) is 6.07 Å². The van der Waals surface area contributed by atoms with Crippen LogP contribution in [0.15, 0.2) is 11.1 Å². The van der Waals surface area contributed by atoms with E-state index in [1.54, 1.807) is 0 Å². The second kappa shape index (κ2) is 3.43. The van der Waals surface area contributed by atoms with E-state index in [1.807, 2.05) is 16.9 Å². The van der Waals surface area contributed by atoms with Crippen LogP contribution in [0.5, 0.6) is 0 Å². The molecule has 1 saturated carbocycles. The Morgan fingerprint density at radius 2 is 2.46 bits per heavy atom. The first kappa shape index (κ1) is 8.64. The second-order valence-electron chi connectivity index (χ2n) is 3.52. The van der Waals surface area contributed by atoms with Crippen LogP contribution >= 0.6 is 0 Å². The smallest absolute Gasteiger partial charge is 0.216 e. The zero-order chi connectivity index (χ0) is 9.26. The second-order valence-corrected chi connectivity index (χ2v) is 4.06. The fourth-order valence-electron chi connectivity index (χ4n) is 1.54. The van der Waals surface area contributed by atoms with Crippen molar-refractivity contribution in [3.05, 3.63) is 11.9 Å². The summed E-state index contributed by atoms with van der Waals surface area (Å²) in [5, 5.41) is 12.8. The van der Waals surface area contributed by atoms with Crippen molar-refractivity contribution in [2.45, 2.75) is 30.7 Å². The van der Waals surface area contributed by atoms with Gasteiger partial charge in [0, 0.05) is 6.54 Å². The first-order valence-electron chi connectivity index (χ1n) is 4.49. The molecule has 0 unspecified atom stereocenters. The van der Waals surface area contributed by atoms with E-state index in [2.05, 4.69) is 17.7 Å². The molecule has 4 heteroatoms. The van der Waals surface area contributed by atoms with Gasteiger partial charge in [-0.1, -0.05) is 6.42 Å². The van der Waals surface area contributed by atoms with Gasteiger partial charge in [0.05, 0.1) is 6.20 Å². The standard InChI is InChI=1S/C9H11N3S/c10-4-8-9(13)6-12(11-8)5-7-2-1-3-7/h6-7,13H,1-3,5H2/p+1. The van der Waals surface area contributed by atoms with Gasteiger partial charge in [0.2, 0.25) is 10.6 Å². The van der Waals surface area contributed by atoms with Gasteiger partial charge in [-0.05, 0) is 31.4 Å². The van der Waals surface area contributed by atoms with Crippen molar-refractivity contribution < 1.29 is 0 Å². The van der Waals surface area contributed by atoms with E-state index in [0.29, 0.717) is 5.69 Å².